The molecule has 0 aromatic carbocycles. The number of unbranched alkanes of at least 4 members (excludes halogenated alkanes) is 39. The molecule has 1 amide bonds. The first-order valence-corrected chi connectivity index (χ1v) is 32.6. The Hall–Kier alpha value is -1.51. The van der Waals surface area contributed by atoms with Crippen LogP contribution in [0.2, 0.25) is 0 Å². The van der Waals surface area contributed by atoms with Gasteiger partial charge in [-0.25, -0.2) is 0 Å². The van der Waals surface area contributed by atoms with Crippen molar-refractivity contribution < 1.29 is 37.3 Å². The Kier molecular flexibility index (Phi) is 51.8. The van der Waals surface area contributed by atoms with E-state index in [4.69, 9.17) is 13.8 Å². The van der Waals surface area contributed by atoms with Crippen molar-refractivity contribution >= 4 is 19.7 Å². The van der Waals surface area contributed by atoms with Crippen molar-refractivity contribution in [2.24, 2.45) is 0 Å². The van der Waals surface area contributed by atoms with Gasteiger partial charge >= 0.3 is 5.97 Å². The van der Waals surface area contributed by atoms with E-state index in [1.807, 2.05) is 33.3 Å². The summed E-state index contributed by atoms with van der Waals surface area (Å²) < 4.78 is 30.3. The SMILES string of the molecule is CCCCCCCCC/C=C/CCCCCCCC(=O)NC(COP(=O)([O-])OCC[N+](C)(C)C)C(/C=C/CCCCCCCCCCCCC)OC(=O)CCCCCCCCCCCCCCCCCCC. The van der Waals surface area contributed by atoms with Gasteiger partial charge in [-0.2, -0.15) is 0 Å². The number of nitrogens with zero attached hydrogens (tertiary/aromatic N) is 1. The Morgan fingerprint density at radius 2 is 0.806 bits per heavy atom. The summed E-state index contributed by atoms with van der Waals surface area (Å²) in [6.45, 7) is 6.88. The third-order valence-corrected chi connectivity index (χ3v) is 15.1. The lowest BCUT2D eigenvalue weighted by molar-refractivity contribution is -0.870. The Labute approximate surface area is 447 Å². The zero-order chi connectivity index (χ0) is 52.9. The zero-order valence-corrected chi connectivity index (χ0v) is 49.6. The first kappa shape index (κ1) is 70.5. The molecule has 1 N–H and O–H groups in total. The standard InChI is InChI=1S/C62H121N2O7P/c1-7-10-13-16-19-22-25-28-30-32-34-37-40-43-46-49-52-55-62(66)71-60(53-50-47-44-41-38-35-27-24-21-18-15-12-9-3)59(58-70-72(67,68)69-57-56-64(4,5)6)63-61(65)54-51-48-45-42-39-36-33-31-29-26-23-20-17-14-11-8-2/h31,33,50,53,59-60H,7-30,32,34-49,51-52,54-58H2,1-6H3,(H-,63,65,67,68)/b33-31+,53-50+. The number of carbonyl (C=O) groups excluding carboxylic acids is 2. The fourth-order valence-corrected chi connectivity index (χ4v) is 10.0. The van der Waals surface area contributed by atoms with Gasteiger partial charge in [-0.05, 0) is 57.4 Å². The van der Waals surface area contributed by atoms with Crippen LogP contribution in [-0.2, 0) is 27.9 Å². The second kappa shape index (κ2) is 52.9. The molecule has 0 saturated heterocycles. The quantitative estimate of drug-likeness (QED) is 0.0212. The Bertz CT molecular complexity index is 1290. The third kappa shape index (κ3) is 53.3. The van der Waals surface area contributed by atoms with Crippen molar-refractivity contribution in [3.63, 3.8) is 0 Å². The second-order valence-corrected chi connectivity index (χ2v) is 24.0. The van der Waals surface area contributed by atoms with E-state index in [1.54, 1.807) is 0 Å². The van der Waals surface area contributed by atoms with E-state index in [1.165, 1.54) is 199 Å². The van der Waals surface area contributed by atoms with Crippen molar-refractivity contribution in [1.82, 2.24) is 5.32 Å². The summed E-state index contributed by atoms with van der Waals surface area (Å²) in [6, 6.07) is -0.886. The number of allylic oxidation sites excluding steroid dienone is 3. The van der Waals surface area contributed by atoms with Crippen molar-refractivity contribution in [3.8, 4) is 0 Å². The Morgan fingerprint density at radius 1 is 0.472 bits per heavy atom. The average Bonchev–Trinajstić information content (AvgIpc) is 3.34. The van der Waals surface area contributed by atoms with E-state index in [-0.39, 0.29) is 31.5 Å². The van der Waals surface area contributed by atoms with Crippen molar-refractivity contribution in [3.05, 3.63) is 24.3 Å². The van der Waals surface area contributed by atoms with Crippen LogP contribution < -0.4 is 10.2 Å². The maximum absolute atomic E-state index is 13.5. The van der Waals surface area contributed by atoms with Crippen LogP contribution in [0.3, 0.4) is 0 Å². The van der Waals surface area contributed by atoms with Gasteiger partial charge in [-0.15, -0.1) is 0 Å². The van der Waals surface area contributed by atoms with Crippen LogP contribution in [0.15, 0.2) is 24.3 Å². The van der Waals surface area contributed by atoms with Gasteiger partial charge in [0.25, 0.3) is 7.82 Å². The van der Waals surface area contributed by atoms with Gasteiger partial charge in [-0.3, -0.25) is 14.2 Å². The normalized spacial score (nSPS) is 13.8. The number of rotatable bonds is 57. The van der Waals surface area contributed by atoms with Crippen molar-refractivity contribution in [2.75, 3.05) is 40.9 Å². The van der Waals surface area contributed by atoms with Crippen LogP contribution >= 0.6 is 7.82 Å². The van der Waals surface area contributed by atoms with Crippen LogP contribution in [-0.4, -0.2) is 69.4 Å². The van der Waals surface area contributed by atoms with Gasteiger partial charge in [0.05, 0.1) is 33.8 Å². The molecule has 0 saturated carbocycles. The topological polar surface area (TPSA) is 114 Å². The van der Waals surface area contributed by atoms with Gasteiger partial charge < -0.3 is 28.5 Å². The Morgan fingerprint density at radius 3 is 1.18 bits per heavy atom. The molecule has 0 radical (unpaired) electrons. The summed E-state index contributed by atoms with van der Waals surface area (Å²) in [6.07, 6.45) is 61.3. The molecule has 0 aliphatic rings. The largest absolute Gasteiger partial charge is 0.756 e. The number of esters is 1. The summed E-state index contributed by atoms with van der Waals surface area (Å²) in [5.74, 6) is -0.534. The number of nitrogens with one attached hydrogen (secondary N) is 1. The molecule has 0 heterocycles. The molecular weight excluding hydrogens is 916 g/mol. The second-order valence-electron chi connectivity index (χ2n) is 22.6. The lowest BCUT2D eigenvalue weighted by atomic mass is 10.0. The number of hydrogen-bond acceptors (Lipinski definition) is 7. The number of phosphoric ester groups is 1. The van der Waals surface area contributed by atoms with Crippen LogP contribution in [0.5, 0.6) is 0 Å². The van der Waals surface area contributed by atoms with Crippen molar-refractivity contribution in [2.45, 2.75) is 322 Å². The minimum Gasteiger partial charge on any atom is -0.756 e. The lowest BCUT2D eigenvalue weighted by Gasteiger charge is -2.30. The van der Waals surface area contributed by atoms with Crippen molar-refractivity contribution in [1.29, 1.82) is 0 Å². The highest BCUT2D eigenvalue weighted by Gasteiger charge is 2.27. The minimum atomic E-state index is -4.69. The molecule has 0 aromatic rings. The molecule has 0 fully saturated rings. The minimum absolute atomic E-state index is 0.0204. The fraction of sp³-hybridized carbons (Fsp3) is 0.903. The highest BCUT2D eigenvalue weighted by atomic mass is 31.2. The fourth-order valence-electron chi connectivity index (χ4n) is 9.28. The molecule has 426 valence electrons. The number of amides is 1. The number of phosphoric acid groups is 1. The number of likely N-dealkylation sites (N-methyl/N-ethyl adjacent to an activating group) is 1. The van der Waals surface area contributed by atoms with Crippen LogP contribution in [0.25, 0.3) is 0 Å². The lowest BCUT2D eigenvalue weighted by Crippen LogP contribution is -2.47. The van der Waals surface area contributed by atoms with E-state index < -0.39 is 20.0 Å². The highest BCUT2D eigenvalue weighted by molar-refractivity contribution is 7.45. The number of ether oxygens (including phenoxy) is 1. The maximum atomic E-state index is 13.5. The summed E-state index contributed by atoms with van der Waals surface area (Å²) in [7, 11) is 1.19. The molecule has 0 aliphatic carbocycles. The zero-order valence-electron chi connectivity index (χ0n) is 48.7. The van der Waals surface area contributed by atoms with Crippen LogP contribution in [0.1, 0.15) is 310 Å². The number of hydrogen-bond donors (Lipinski definition) is 1. The molecule has 72 heavy (non-hydrogen) atoms. The summed E-state index contributed by atoms with van der Waals surface area (Å²) >= 11 is 0. The van der Waals surface area contributed by atoms with Crippen LogP contribution in [0.4, 0.5) is 0 Å². The molecule has 0 aromatic heterocycles. The van der Waals surface area contributed by atoms with Gasteiger partial charge in [0.1, 0.15) is 19.3 Å². The average molecular weight is 1040 g/mol. The molecule has 0 spiro atoms. The molecule has 0 aliphatic heterocycles. The summed E-state index contributed by atoms with van der Waals surface area (Å²) in [4.78, 5) is 40.0. The summed E-state index contributed by atoms with van der Waals surface area (Å²) in [5, 5.41) is 3.03. The van der Waals surface area contributed by atoms with E-state index in [0.717, 1.165) is 77.0 Å². The Balaban J connectivity index is 5.28. The van der Waals surface area contributed by atoms with Gasteiger partial charge in [0.15, 0.2) is 0 Å². The number of quaternary nitrogens is 1. The van der Waals surface area contributed by atoms with Crippen LogP contribution in [0, 0.1) is 0 Å². The first-order valence-electron chi connectivity index (χ1n) is 31.1. The highest BCUT2D eigenvalue weighted by Crippen LogP contribution is 2.38. The van der Waals surface area contributed by atoms with Gasteiger partial charge in [0, 0.05) is 12.8 Å². The molecule has 0 bridgehead atoms. The molecule has 3 unspecified atom stereocenters. The van der Waals surface area contributed by atoms with E-state index in [9.17, 15) is 19.0 Å². The predicted octanol–water partition coefficient (Wildman–Crippen LogP) is 18.3. The van der Waals surface area contributed by atoms with E-state index in [2.05, 4.69) is 38.2 Å². The predicted molar refractivity (Wildman–Crippen MR) is 307 cm³/mol. The van der Waals surface area contributed by atoms with E-state index >= 15 is 0 Å². The first-order chi connectivity index (χ1) is 34.9. The summed E-state index contributed by atoms with van der Waals surface area (Å²) in [5.41, 5.74) is 0. The molecular formula is C62H121N2O7P. The number of carbonyl (C=O) groups is 2. The van der Waals surface area contributed by atoms with Gasteiger partial charge in [-0.1, -0.05) is 264 Å². The molecule has 3 atom stereocenters. The molecule has 9 nitrogen and oxygen atoms in total. The molecule has 0 rings (SSSR count). The smallest absolute Gasteiger partial charge is 0.306 e. The third-order valence-electron chi connectivity index (χ3n) is 14.1. The molecule has 10 heteroatoms. The monoisotopic (exact) mass is 1040 g/mol. The maximum Gasteiger partial charge on any atom is 0.306 e. The van der Waals surface area contributed by atoms with E-state index in [0.29, 0.717) is 17.4 Å². The van der Waals surface area contributed by atoms with Gasteiger partial charge in [0.2, 0.25) is 5.91 Å².